The molecule has 0 spiro atoms. The van der Waals surface area contributed by atoms with E-state index in [2.05, 4.69) is 29.0 Å². The van der Waals surface area contributed by atoms with Crippen LogP contribution in [0.25, 0.3) is 11.0 Å². The highest BCUT2D eigenvalue weighted by Crippen LogP contribution is 2.24. The van der Waals surface area contributed by atoms with Crippen LogP contribution in [-0.4, -0.2) is 40.0 Å². The number of carbonyl (C=O) groups is 1. The fourth-order valence-electron chi connectivity index (χ4n) is 3.02. The van der Waals surface area contributed by atoms with Gasteiger partial charge in [-0.25, -0.2) is 4.98 Å². The van der Waals surface area contributed by atoms with Gasteiger partial charge in [0.2, 0.25) is 5.95 Å². The first-order chi connectivity index (χ1) is 13.0. The molecule has 7 heteroatoms. The summed E-state index contributed by atoms with van der Waals surface area (Å²) in [5.74, 6) is 0.204. The zero-order valence-electron chi connectivity index (χ0n) is 15.4. The van der Waals surface area contributed by atoms with Crippen LogP contribution in [0.15, 0.2) is 42.5 Å². The van der Waals surface area contributed by atoms with Crippen molar-refractivity contribution in [2.45, 2.75) is 20.4 Å². The number of imidazole rings is 1. The highest BCUT2D eigenvalue weighted by molar-refractivity contribution is 6.37. The van der Waals surface area contributed by atoms with E-state index >= 15 is 0 Å². The summed E-state index contributed by atoms with van der Waals surface area (Å²) in [6.07, 6.45) is 0. The van der Waals surface area contributed by atoms with Crippen LogP contribution >= 0.6 is 23.2 Å². The smallest absolute Gasteiger partial charge is 0.259 e. The lowest BCUT2D eigenvalue weighted by Crippen LogP contribution is -2.27. The van der Waals surface area contributed by atoms with E-state index in [1.165, 1.54) is 0 Å². The fraction of sp³-hybridized carbons (Fsp3) is 0.300. The predicted octanol–water partition coefficient (Wildman–Crippen LogP) is 4.94. The summed E-state index contributed by atoms with van der Waals surface area (Å²) in [7, 11) is 0. The van der Waals surface area contributed by atoms with Gasteiger partial charge < -0.3 is 9.47 Å². The Hall–Kier alpha value is -2.08. The third-order valence-corrected chi connectivity index (χ3v) is 5.14. The molecule has 0 aliphatic carbocycles. The fourth-order valence-corrected chi connectivity index (χ4v) is 3.52. The SMILES string of the molecule is CCN(CC)CCn1c(NC(=O)c2ccc(Cl)cc2Cl)nc2ccccc21. The molecule has 0 bridgehead atoms. The van der Waals surface area contributed by atoms with Gasteiger partial charge >= 0.3 is 0 Å². The van der Waals surface area contributed by atoms with Gasteiger partial charge in [0.15, 0.2) is 0 Å². The summed E-state index contributed by atoms with van der Waals surface area (Å²) < 4.78 is 2.04. The number of fused-ring (bicyclic) bond motifs is 1. The van der Waals surface area contributed by atoms with Crippen LogP contribution < -0.4 is 5.32 Å². The molecule has 142 valence electrons. The second-order valence-electron chi connectivity index (χ2n) is 6.18. The number of benzene rings is 2. The molecule has 3 rings (SSSR count). The number of halogens is 2. The van der Waals surface area contributed by atoms with Gasteiger partial charge in [0.1, 0.15) is 0 Å². The van der Waals surface area contributed by atoms with E-state index in [-0.39, 0.29) is 5.91 Å². The molecular weight excluding hydrogens is 383 g/mol. The summed E-state index contributed by atoms with van der Waals surface area (Å²) in [6.45, 7) is 7.84. The average Bonchev–Trinajstić information content (AvgIpc) is 2.99. The number of likely N-dealkylation sites (N-methyl/N-ethyl adjacent to an activating group) is 1. The number of aromatic nitrogens is 2. The van der Waals surface area contributed by atoms with Crippen molar-refractivity contribution in [1.29, 1.82) is 0 Å². The minimum Gasteiger partial charge on any atom is -0.309 e. The molecule has 1 N–H and O–H groups in total. The van der Waals surface area contributed by atoms with E-state index in [9.17, 15) is 4.79 Å². The van der Waals surface area contributed by atoms with Crippen molar-refractivity contribution in [3.05, 3.63) is 58.1 Å². The first-order valence-electron chi connectivity index (χ1n) is 8.97. The lowest BCUT2D eigenvalue weighted by molar-refractivity contribution is 0.102. The number of rotatable bonds is 7. The first kappa shape index (κ1) is 19.7. The van der Waals surface area contributed by atoms with Crippen LogP contribution in [-0.2, 0) is 6.54 Å². The van der Waals surface area contributed by atoms with Crippen molar-refractivity contribution in [2.24, 2.45) is 0 Å². The lowest BCUT2D eigenvalue weighted by atomic mass is 10.2. The van der Waals surface area contributed by atoms with Crippen molar-refractivity contribution < 1.29 is 4.79 Å². The van der Waals surface area contributed by atoms with E-state index in [0.29, 0.717) is 21.6 Å². The number of anilines is 1. The van der Waals surface area contributed by atoms with Gasteiger partial charge in [-0.05, 0) is 43.4 Å². The monoisotopic (exact) mass is 404 g/mol. The zero-order valence-corrected chi connectivity index (χ0v) is 16.9. The summed E-state index contributed by atoms with van der Waals surface area (Å²) in [5.41, 5.74) is 2.19. The Morgan fingerprint density at radius 2 is 1.89 bits per heavy atom. The minimum absolute atomic E-state index is 0.309. The largest absolute Gasteiger partial charge is 0.309 e. The molecule has 0 atom stereocenters. The molecule has 27 heavy (non-hydrogen) atoms. The number of nitrogens with zero attached hydrogens (tertiary/aromatic N) is 3. The number of nitrogens with one attached hydrogen (secondary N) is 1. The van der Waals surface area contributed by atoms with Crippen LogP contribution in [0.5, 0.6) is 0 Å². The maximum Gasteiger partial charge on any atom is 0.259 e. The molecule has 0 aliphatic heterocycles. The first-order valence-corrected chi connectivity index (χ1v) is 9.73. The molecule has 0 fully saturated rings. The number of carbonyl (C=O) groups excluding carboxylic acids is 1. The lowest BCUT2D eigenvalue weighted by Gasteiger charge is -2.19. The van der Waals surface area contributed by atoms with E-state index in [0.717, 1.165) is 37.2 Å². The number of hydrogen-bond donors (Lipinski definition) is 1. The normalized spacial score (nSPS) is 11.3. The van der Waals surface area contributed by atoms with Gasteiger partial charge in [-0.3, -0.25) is 10.1 Å². The van der Waals surface area contributed by atoms with Crippen molar-refractivity contribution in [1.82, 2.24) is 14.5 Å². The van der Waals surface area contributed by atoms with Crippen LogP contribution in [0.3, 0.4) is 0 Å². The summed E-state index contributed by atoms with van der Waals surface area (Å²) >= 11 is 12.1. The second-order valence-corrected chi connectivity index (χ2v) is 7.02. The Morgan fingerprint density at radius 3 is 2.59 bits per heavy atom. The van der Waals surface area contributed by atoms with Crippen molar-refractivity contribution >= 4 is 46.1 Å². The molecule has 5 nitrogen and oxygen atoms in total. The predicted molar refractivity (Wildman–Crippen MR) is 112 cm³/mol. The number of para-hydroxylation sites is 2. The molecular formula is C20H22Cl2N4O. The molecule has 0 radical (unpaired) electrons. The summed E-state index contributed by atoms with van der Waals surface area (Å²) in [4.78, 5) is 19.7. The maximum atomic E-state index is 12.7. The number of hydrogen-bond acceptors (Lipinski definition) is 3. The van der Waals surface area contributed by atoms with Gasteiger partial charge in [0.05, 0.1) is 21.6 Å². The quantitative estimate of drug-likeness (QED) is 0.606. The third-order valence-electron chi connectivity index (χ3n) is 4.59. The van der Waals surface area contributed by atoms with E-state index in [1.807, 2.05) is 28.8 Å². The Labute approximate surface area is 168 Å². The Balaban J connectivity index is 1.90. The van der Waals surface area contributed by atoms with Crippen LogP contribution in [0.4, 0.5) is 5.95 Å². The molecule has 0 saturated heterocycles. The van der Waals surface area contributed by atoms with Gasteiger partial charge in [-0.2, -0.15) is 0 Å². The highest BCUT2D eigenvalue weighted by atomic mass is 35.5. The topological polar surface area (TPSA) is 50.2 Å². The maximum absolute atomic E-state index is 12.7. The Kier molecular flexibility index (Phi) is 6.37. The van der Waals surface area contributed by atoms with Gasteiger partial charge in [-0.1, -0.05) is 49.2 Å². The van der Waals surface area contributed by atoms with Crippen LogP contribution in [0, 0.1) is 0 Å². The number of amides is 1. The molecule has 1 aromatic heterocycles. The zero-order chi connectivity index (χ0) is 19.4. The van der Waals surface area contributed by atoms with Crippen LogP contribution in [0.2, 0.25) is 10.0 Å². The summed E-state index contributed by atoms with van der Waals surface area (Å²) in [5, 5.41) is 3.70. The Morgan fingerprint density at radius 1 is 1.15 bits per heavy atom. The highest BCUT2D eigenvalue weighted by Gasteiger charge is 2.17. The third kappa shape index (κ3) is 4.43. The Bertz CT molecular complexity index is 950. The molecule has 0 unspecified atom stereocenters. The van der Waals surface area contributed by atoms with Crippen LogP contribution in [0.1, 0.15) is 24.2 Å². The minimum atomic E-state index is -0.309. The molecule has 3 aromatic rings. The van der Waals surface area contributed by atoms with Crippen molar-refractivity contribution in [3.63, 3.8) is 0 Å². The summed E-state index contributed by atoms with van der Waals surface area (Å²) in [6, 6.07) is 12.7. The van der Waals surface area contributed by atoms with Crippen molar-refractivity contribution in [3.8, 4) is 0 Å². The van der Waals surface area contributed by atoms with E-state index < -0.39 is 0 Å². The second kappa shape index (κ2) is 8.74. The standard InChI is InChI=1S/C20H22Cl2N4O/c1-3-25(4-2)11-12-26-18-8-6-5-7-17(18)23-20(26)24-19(27)15-10-9-14(21)13-16(15)22/h5-10,13H,3-4,11-12H2,1-2H3,(H,23,24,27). The molecule has 1 heterocycles. The molecule has 0 saturated carbocycles. The van der Waals surface area contributed by atoms with Gasteiger partial charge in [-0.15, -0.1) is 0 Å². The van der Waals surface area contributed by atoms with Gasteiger partial charge in [0.25, 0.3) is 5.91 Å². The van der Waals surface area contributed by atoms with E-state index in [1.54, 1.807) is 18.2 Å². The van der Waals surface area contributed by atoms with Crippen molar-refractivity contribution in [2.75, 3.05) is 25.0 Å². The van der Waals surface area contributed by atoms with Gasteiger partial charge in [0, 0.05) is 18.1 Å². The van der Waals surface area contributed by atoms with E-state index in [4.69, 9.17) is 23.2 Å². The molecule has 0 aliphatic rings. The molecule has 1 amide bonds. The average molecular weight is 405 g/mol. The molecule has 2 aromatic carbocycles.